The molecule has 0 aromatic heterocycles. The van der Waals surface area contributed by atoms with Crippen molar-refractivity contribution in [1.29, 1.82) is 0 Å². The molecule has 2 amide bonds. The van der Waals surface area contributed by atoms with Gasteiger partial charge >= 0.3 is 6.03 Å². The maximum atomic E-state index is 12.4. The molecule has 2 rings (SSSR count). The summed E-state index contributed by atoms with van der Waals surface area (Å²) in [6, 6.07) is 14.7. The Balaban J connectivity index is 2.02. The summed E-state index contributed by atoms with van der Waals surface area (Å²) in [5.74, 6) is 0. The summed E-state index contributed by atoms with van der Waals surface area (Å²) < 4.78 is 0. The van der Waals surface area contributed by atoms with E-state index in [-0.39, 0.29) is 6.03 Å². The van der Waals surface area contributed by atoms with Crippen LogP contribution in [0.25, 0.3) is 0 Å². The minimum atomic E-state index is -0.575. The van der Waals surface area contributed by atoms with E-state index < -0.39 is 5.54 Å². The smallest absolute Gasteiger partial charge is 0.319 e. The molecule has 0 saturated carbocycles. The van der Waals surface area contributed by atoms with Gasteiger partial charge < -0.3 is 15.5 Å². The standard InChI is InChI=1S/C23H30ClN3O2/c1-5-6-7-15-29-27-17(2)18-9-8-10-19(16-18)23(3,4)26-22(28)25-21-13-11-20(24)12-14-21/h8-14,16H,5-7,15H2,1-4H3,(H2,25,26,28)/b27-17+. The molecule has 0 bridgehead atoms. The average molecular weight is 416 g/mol. The molecule has 0 radical (unpaired) electrons. The minimum Gasteiger partial charge on any atom is -0.396 e. The number of carbonyl (C=O) groups excluding carboxylic acids is 1. The summed E-state index contributed by atoms with van der Waals surface area (Å²) in [7, 11) is 0. The van der Waals surface area contributed by atoms with Crippen molar-refractivity contribution in [1.82, 2.24) is 5.32 Å². The van der Waals surface area contributed by atoms with Gasteiger partial charge in [0.1, 0.15) is 6.61 Å². The largest absolute Gasteiger partial charge is 0.396 e. The van der Waals surface area contributed by atoms with Crippen molar-refractivity contribution in [3.63, 3.8) is 0 Å². The van der Waals surface area contributed by atoms with Crippen LogP contribution in [0.2, 0.25) is 5.02 Å². The molecular formula is C23H30ClN3O2. The van der Waals surface area contributed by atoms with Gasteiger partial charge in [0.15, 0.2) is 0 Å². The van der Waals surface area contributed by atoms with Crippen molar-refractivity contribution >= 4 is 29.0 Å². The minimum absolute atomic E-state index is 0.285. The normalized spacial score (nSPS) is 11.8. The van der Waals surface area contributed by atoms with Crippen molar-refractivity contribution in [2.24, 2.45) is 5.16 Å². The number of rotatable bonds is 9. The molecule has 0 unspecified atom stereocenters. The first-order valence-electron chi connectivity index (χ1n) is 9.94. The fourth-order valence-electron chi connectivity index (χ4n) is 2.80. The summed E-state index contributed by atoms with van der Waals surface area (Å²) in [5.41, 5.74) is 2.85. The zero-order valence-electron chi connectivity index (χ0n) is 17.6. The monoisotopic (exact) mass is 415 g/mol. The molecule has 0 spiro atoms. The Kier molecular flexibility index (Phi) is 8.52. The molecule has 0 aliphatic heterocycles. The highest BCUT2D eigenvalue weighted by Gasteiger charge is 2.23. The first-order valence-corrected chi connectivity index (χ1v) is 10.3. The van der Waals surface area contributed by atoms with Crippen LogP contribution in [0.4, 0.5) is 10.5 Å². The van der Waals surface area contributed by atoms with Crippen LogP contribution in [0, 0.1) is 0 Å². The van der Waals surface area contributed by atoms with Crippen LogP contribution in [0.15, 0.2) is 53.7 Å². The number of nitrogens with one attached hydrogen (secondary N) is 2. The van der Waals surface area contributed by atoms with Crippen LogP contribution in [-0.2, 0) is 10.4 Å². The number of carbonyl (C=O) groups is 1. The fraction of sp³-hybridized carbons (Fsp3) is 0.391. The number of amides is 2. The van der Waals surface area contributed by atoms with Gasteiger partial charge in [-0.05, 0) is 68.7 Å². The van der Waals surface area contributed by atoms with Crippen molar-refractivity contribution in [2.75, 3.05) is 11.9 Å². The van der Waals surface area contributed by atoms with E-state index in [1.54, 1.807) is 24.3 Å². The third kappa shape index (κ3) is 7.42. The Bertz CT molecular complexity index is 832. The van der Waals surface area contributed by atoms with Gasteiger partial charge in [-0.1, -0.05) is 54.7 Å². The topological polar surface area (TPSA) is 62.7 Å². The van der Waals surface area contributed by atoms with Crippen LogP contribution in [-0.4, -0.2) is 18.3 Å². The SMILES string of the molecule is CCCCCO/N=C(\C)c1cccc(C(C)(C)NC(=O)Nc2ccc(Cl)cc2)c1. The Hall–Kier alpha value is -2.53. The molecule has 0 fully saturated rings. The number of nitrogens with zero attached hydrogens (tertiary/aromatic N) is 1. The van der Waals surface area contributed by atoms with Crippen molar-refractivity contribution in [3.8, 4) is 0 Å². The molecule has 2 aromatic rings. The molecule has 5 nitrogen and oxygen atoms in total. The lowest BCUT2D eigenvalue weighted by atomic mass is 9.92. The Morgan fingerprint density at radius 3 is 2.55 bits per heavy atom. The van der Waals surface area contributed by atoms with Crippen LogP contribution in [0.3, 0.4) is 0 Å². The van der Waals surface area contributed by atoms with Crippen LogP contribution in [0.1, 0.15) is 58.1 Å². The summed E-state index contributed by atoms with van der Waals surface area (Å²) in [5, 5.41) is 10.7. The number of hydrogen-bond acceptors (Lipinski definition) is 3. The van der Waals surface area contributed by atoms with E-state index in [9.17, 15) is 4.79 Å². The molecule has 2 aromatic carbocycles. The number of hydrogen-bond donors (Lipinski definition) is 2. The van der Waals surface area contributed by atoms with E-state index in [0.29, 0.717) is 17.3 Å². The predicted molar refractivity (Wildman–Crippen MR) is 121 cm³/mol. The van der Waals surface area contributed by atoms with Gasteiger partial charge in [-0.25, -0.2) is 4.79 Å². The molecule has 0 heterocycles. The fourth-order valence-corrected chi connectivity index (χ4v) is 2.92. The molecule has 0 saturated heterocycles. The molecule has 6 heteroatoms. The van der Waals surface area contributed by atoms with Crippen LogP contribution in [0.5, 0.6) is 0 Å². The maximum Gasteiger partial charge on any atom is 0.319 e. The first-order chi connectivity index (χ1) is 13.8. The maximum absolute atomic E-state index is 12.4. The second-order valence-electron chi connectivity index (χ2n) is 7.51. The number of urea groups is 1. The van der Waals surface area contributed by atoms with Crippen LogP contribution < -0.4 is 10.6 Å². The van der Waals surface area contributed by atoms with Gasteiger partial charge in [0, 0.05) is 10.7 Å². The molecule has 0 atom stereocenters. The number of benzene rings is 2. The summed E-state index contributed by atoms with van der Waals surface area (Å²) in [4.78, 5) is 17.8. The lowest BCUT2D eigenvalue weighted by molar-refractivity contribution is 0.140. The molecule has 2 N–H and O–H groups in total. The Morgan fingerprint density at radius 2 is 1.86 bits per heavy atom. The van der Waals surface area contributed by atoms with E-state index in [0.717, 1.165) is 36.1 Å². The molecule has 0 aliphatic carbocycles. The third-order valence-electron chi connectivity index (χ3n) is 4.57. The summed E-state index contributed by atoms with van der Waals surface area (Å²) in [6.45, 7) is 8.63. The molecular weight excluding hydrogens is 386 g/mol. The van der Waals surface area contributed by atoms with Crippen molar-refractivity contribution < 1.29 is 9.63 Å². The molecule has 156 valence electrons. The second-order valence-corrected chi connectivity index (χ2v) is 7.95. The number of anilines is 1. The first kappa shape index (κ1) is 22.8. The number of oxime groups is 1. The zero-order chi connectivity index (χ0) is 21.3. The van der Waals surface area contributed by atoms with E-state index in [4.69, 9.17) is 16.4 Å². The van der Waals surface area contributed by atoms with E-state index in [1.165, 1.54) is 0 Å². The Labute approximate surface area is 178 Å². The highest BCUT2D eigenvalue weighted by atomic mass is 35.5. The quantitative estimate of drug-likeness (QED) is 0.285. The van der Waals surface area contributed by atoms with Crippen molar-refractivity contribution in [2.45, 2.75) is 52.5 Å². The number of unbranched alkanes of at least 4 members (excludes halogenated alkanes) is 2. The van der Waals surface area contributed by atoms with Gasteiger partial charge in [-0.15, -0.1) is 0 Å². The predicted octanol–water partition coefficient (Wildman–Crippen LogP) is 6.33. The number of halogens is 1. The zero-order valence-corrected chi connectivity index (χ0v) is 18.3. The van der Waals surface area contributed by atoms with Gasteiger partial charge in [0.25, 0.3) is 0 Å². The van der Waals surface area contributed by atoms with Crippen molar-refractivity contribution in [3.05, 3.63) is 64.7 Å². The summed E-state index contributed by atoms with van der Waals surface area (Å²) in [6.07, 6.45) is 3.30. The lowest BCUT2D eigenvalue weighted by Crippen LogP contribution is -2.43. The second kappa shape index (κ2) is 10.9. The molecule has 29 heavy (non-hydrogen) atoms. The third-order valence-corrected chi connectivity index (χ3v) is 4.82. The highest BCUT2D eigenvalue weighted by molar-refractivity contribution is 6.30. The van der Waals surface area contributed by atoms with Gasteiger partial charge in [-0.3, -0.25) is 0 Å². The van der Waals surface area contributed by atoms with E-state index in [1.807, 2.05) is 45.0 Å². The molecule has 0 aliphatic rings. The van der Waals surface area contributed by atoms with E-state index in [2.05, 4.69) is 22.7 Å². The van der Waals surface area contributed by atoms with Gasteiger partial charge in [0.05, 0.1) is 11.3 Å². The van der Waals surface area contributed by atoms with Gasteiger partial charge in [0.2, 0.25) is 0 Å². The lowest BCUT2D eigenvalue weighted by Gasteiger charge is -2.27. The van der Waals surface area contributed by atoms with Gasteiger partial charge in [-0.2, -0.15) is 0 Å². The Morgan fingerprint density at radius 1 is 1.14 bits per heavy atom. The van der Waals surface area contributed by atoms with Crippen LogP contribution >= 0.6 is 11.6 Å². The highest BCUT2D eigenvalue weighted by Crippen LogP contribution is 2.22. The average Bonchev–Trinajstić information content (AvgIpc) is 2.69. The summed E-state index contributed by atoms with van der Waals surface area (Å²) >= 11 is 5.88. The van der Waals surface area contributed by atoms with E-state index >= 15 is 0 Å².